The molecule has 0 saturated carbocycles. The van der Waals surface area contributed by atoms with Crippen molar-refractivity contribution in [3.8, 4) is 0 Å². The number of fused-ring (bicyclic) bond motifs is 1. The van der Waals surface area contributed by atoms with Gasteiger partial charge in [-0.05, 0) is 32.9 Å². The Hall–Kier alpha value is -3.43. The van der Waals surface area contributed by atoms with Crippen LogP contribution in [0, 0.1) is 0 Å². The van der Waals surface area contributed by atoms with Crippen molar-refractivity contribution in [3.63, 3.8) is 0 Å². The smallest absolute Gasteiger partial charge is 0.329 e. The van der Waals surface area contributed by atoms with Crippen molar-refractivity contribution in [2.75, 3.05) is 19.7 Å². The van der Waals surface area contributed by atoms with Crippen LogP contribution >= 0.6 is 0 Å². The molecule has 0 saturated heterocycles. The second-order valence-corrected chi connectivity index (χ2v) is 6.65. The van der Waals surface area contributed by atoms with Crippen molar-refractivity contribution >= 4 is 28.7 Å². The van der Waals surface area contributed by atoms with Gasteiger partial charge in [0.15, 0.2) is 6.61 Å². The molecule has 1 heterocycles. The SMILES string of the molecule is CCN(CC(=O)NC(C)C)C(=O)COC(=O)Cn1c(=O)[nH]c(=O)c2ccccc21. The van der Waals surface area contributed by atoms with E-state index in [-0.39, 0.29) is 35.9 Å². The van der Waals surface area contributed by atoms with Crippen LogP contribution in [0.5, 0.6) is 0 Å². The number of aromatic amines is 1. The fraction of sp³-hybridized carbons (Fsp3) is 0.421. The third-order valence-corrected chi connectivity index (χ3v) is 4.07. The summed E-state index contributed by atoms with van der Waals surface area (Å²) >= 11 is 0. The Balaban J connectivity index is 2.02. The Bertz CT molecular complexity index is 1020. The van der Waals surface area contributed by atoms with E-state index in [0.717, 1.165) is 4.57 Å². The molecular formula is C19H24N4O6. The van der Waals surface area contributed by atoms with E-state index in [1.807, 2.05) is 0 Å². The Morgan fingerprint density at radius 3 is 2.55 bits per heavy atom. The molecule has 10 heteroatoms. The number of hydrogen-bond acceptors (Lipinski definition) is 6. The molecule has 2 rings (SSSR count). The van der Waals surface area contributed by atoms with Crippen LogP contribution in [0.4, 0.5) is 0 Å². The molecule has 0 spiro atoms. The number of carbonyl (C=O) groups is 3. The molecule has 0 radical (unpaired) electrons. The molecule has 1 aromatic heterocycles. The van der Waals surface area contributed by atoms with Crippen LogP contribution in [0.3, 0.4) is 0 Å². The van der Waals surface area contributed by atoms with Crippen LogP contribution in [-0.2, 0) is 25.7 Å². The quantitative estimate of drug-likeness (QED) is 0.576. The normalized spacial score (nSPS) is 10.8. The summed E-state index contributed by atoms with van der Waals surface area (Å²) in [5, 5.41) is 2.93. The number of ether oxygens (including phenoxy) is 1. The molecule has 10 nitrogen and oxygen atoms in total. The summed E-state index contributed by atoms with van der Waals surface area (Å²) in [6.45, 7) is 4.41. The first-order valence-electron chi connectivity index (χ1n) is 9.17. The van der Waals surface area contributed by atoms with Gasteiger partial charge in [-0.3, -0.25) is 28.7 Å². The van der Waals surface area contributed by atoms with Crippen molar-refractivity contribution in [1.82, 2.24) is 19.8 Å². The maximum Gasteiger partial charge on any atom is 0.329 e. The van der Waals surface area contributed by atoms with Gasteiger partial charge in [-0.1, -0.05) is 12.1 Å². The Morgan fingerprint density at radius 1 is 1.21 bits per heavy atom. The summed E-state index contributed by atoms with van der Waals surface area (Å²) in [4.78, 5) is 63.5. The largest absolute Gasteiger partial charge is 0.454 e. The maximum absolute atomic E-state index is 12.2. The third kappa shape index (κ3) is 5.77. The minimum Gasteiger partial charge on any atom is -0.454 e. The van der Waals surface area contributed by atoms with E-state index in [9.17, 15) is 24.0 Å². The van der Waals surface area contributed by atoms with Gasteiger partial charge in [-0.15, -0.1) is 0 Å². The number of hydrogen-bond donors (Lipinski definition) is 2. The minimum atomic E-state index is -0.819. The van der Waals surface area contributed by atoms with Gasteiger partial charge in [-0.25, -0.2) is 4.79 Å². The van der Waals surface area contributed by atoms with E-state index >= 15 is 0 Å². The molecule has 0 aliphatic carbocycles. The van der Waals surface area contributed by atoms with Gasteiger partial charge in [0.2, 0.25) is 5.91 Å². The number of amides is 2. The van der Waals surface area contributed by atoms with Crippen LogP contribution in [0.1, 0.15) is 20.8 Å². The molecule has 0 bridgehead atoms. The van der Waals surface area contributed by atoms with E-state index in [2.05, 4.69) is 10.3 Å². The molecule has 0 atom stereocenters. The van der Waals surface area contributed by atoms with Gasteiger partial charge in [0.05, 0.1) is 17.4 Å². The number of likely N-dealkylation sites (N-methyl/N-ethyl adjacent to an activating group) is 1. The lowest BCUT2D eigenvalue weighted by molar-refractivity contribution is -0.153. The van der Waals surface area contributed by atoms with Gasteiger partial charge < -0.3 is 15.0 Å². The first-order valence-corrected chi connectivity index (χ1v) is 9.17. The zero-order chi connectivity index (χ0) is 21.6. The summed E-state index contributed by atoms with van der Waals surface area (Å²) in [5.74, 6) is -1.66. The van der Waals surface area contributed by atoms with Crippen molar-refractivity contribution in [3.05, 3.63) is 45.1 Å². The zero-order valence-electron chi connectivity index (χ0n) is 16.6. The molecule has 2 amide bonds. The molecule has 29 heavy (non-hydrogen) atoms. The van der Waals surface area contributed by atoms with Crippen LogP contribution in [-0.4, -0.2) is 58.0 Å². The van der Waals surface area contributed by atoms with Crippen molar-refractivity contribution in [1.29, 1.82) is 0 Å². The lowest BCUT2D eigenvalue weighted by atomic mass is 10.2. The predicted molar refractivity (Wildman–Crippen MR) is 105 cm³/mol. The van der Waals surface area contributed by atoms with E-state index in [4.69, 9.17) is 4.74 Å². The molecule has 0 aliphatic heterocycles. The molecule has 0 unspecified atom stereocenters. The molecule has 2 N–H and O–H groups in total. The number of carbonyl (C=O) groups excluding carboxylic acids is 3. The van der Waals surface area contributed by atoms with Crippen LogP contribution in [0.2, 0.25) is 0 Å². The average Bonchev–Trinajstić information content (AvgIpc) is 2.66. The molecule has 156 valence electrons. The van der Waals surface area contributed by atoms with Crippen LogP contribution in [0.15, 0.2) is 33.9 Å². The topological polar surface area (TPSA) is 131 Å². The number of aromatic nitrogens is 2. The van der Waals surface area contributed by atoms with E-state index < -0.39 is 36.3 Å². The Kier molecular flexibility index (Phi) is 7.29. The summed E-state index contributed by atoms with van der Waals surface area (Å²) in [6, 6.07) is 6.28. The summed E-state index contributed by atoms with van der Waals surface area (Å²) in [6.07, 6.45) is 0. The van der Waals surface area contributed by atoms with Crippen molar-refractivity contribution < 1.29 is 19.1 Å². The van der Waals surface area contributed by atoms with Crippen LogP contribution < -0.4 is 16.6 Å². The zero-order valence-corrected chi connectivity index (χ0v) is 16.6. The highest BCUT2D eigenvalue weighted by Crippen LogP contribution is 2.06. The fourth-order valence-electron chi connectivity index (χ4n) is 2.72. The van der Waals surface area contributed by atoms with Gasteiger partial charge in [0.1, 0.15) is 6.54 Å². The lowest BCUT2D eigenvalue weighted by Gasteiger charge is -2.21. The molecule has 0 fully saturated rings. The Morgan fingerprint density at radius 2 is 1.90 bits per heavy atom. The highest BCUT2D eigenvalue weighted by Gasteiger charge is 2.18. The van der Waals surface area contributed by atoms with Crippen molar-refractivity contribution in [2.24, 2.45) is 0 Å². The van der Waals surface area contributed by atoms with Crippen molar-refractivity contribution in [2.45, 2.75) is 33.4 Å². The summed E-state index contributed by atoms with van der Waals surface area (Å²) in [5.41, 5.74) is -1.02. The number of nitrogens with zero attached hydrogens (tertiary/aromatic N) is 2. The molecule has 2 aromatic rings. The lowest BCUT2D eigenvalue weighted by Crippen LogP contribution is -2.44. The standard InChI is InChI=1S/C19H24N4O6/c1-4-22(9-15(24)20-12(2)3)16(25)11-29-17(26)10-23-14-8-6-5-7-13(14)18(27)21-19(23)28/h5-8,12H,4,9-11H2,1-3H3,(H,20,24)(H,21,27,28). The van der Waals surface area contributed by atoms with Gasteiger partial charge in [0.25, 0.3) is 11.5 Å². The number of para-hydroxylation sites is 1. The van der Waals surface area contributed by atoms with Gasteiger partial charge in [-0.2, -0.15) is 0 Å². The van der Waals surface area contributed by atoms with E-state index in [1.165, 1.54) is 17.0 Å². The maximum atomic E-state index is 12.2. The highest BCUT2D eigenvalue weighted by atomic mass is 16.5. The molecular weight excluding hydrogens is 380 g/mol. The fourth-order valence-corrected chi connectivity index (χ4v) is 2.72. The third-order valence-electron chi connectivity index (χ3n) is 4.07. The van der Waals surface area contributed by atoms with Gasteiger partial charge >= 0.3 is 11.7 Å². The summed E-state index contributed by atoms with van der Waals surface area (Å²) in [7, 11) is 0. The first kappa shape index (κ1) is 21.9. The van der Waals surface area contributed by atoms with E-state index in [1.54, 1.807) is 32.9 Å². The number of nitrogens with one attached hydrogen (secondary N) is 2. The summed E-state index contributed by atoms with van der Waals surface area (Å²) < 4.78 is 6.04. The molecule has 0 aliphatic rings. The second kappa shape index (κ2) is 9.67. The first-order chi connectivity index (χ1) is 13.7. The number of esters is 1. The number of benzene rings is 1. The highest BCUT2D eigenvalue weighted by molar-refractivity contribution is 5.86. The number of rotatable bonds is 8. The van der Waals surface area contributed by atoms with E-state index in [0.29, 0.717) is 0 Å². The Labute approximate surface area is 166 Å². The predicted octanol–water partition coefficient (Wildman–Crippen LogP) is -0.394. The van der Waals surface area contributed by atoms with Crippen LogP contribution in [0.25, 0.3) is 10.9 Å². The second-order valence-electron chi connectivity index (χ2n) is 6.65. The molecule has 1 aromatic carbocycles. The minimum absolute atomic E-state index is 0.0559. The average molecular weight is 404 g/mol. The van der Waals surface area contributed by atoms with Gasteiger partial charge in [0, 0.05) is 12.6 Å². The number of H-pyrrole nitrogens is 1. The monoisotopic (exact) mass is 404 g/mol.